The van der Waals surface area contributed by atoms with Crippen LogP contribution in [0.25, 0.3) is 0 Å². The van der Waals surface area contributed by atoms with Gasteiger partial charge in [0.25, 0.3) is 0 Å². The Morgan fingerprint density at radius 1 is 0.542 bits per heavy atom. The number of hydrogen-bond donors (Lipinski definition) is 4. The number of ether oxygens (including phenoxy) is 4. The first-order chi connectivity index (χ1) is 23.3. The second kappa shape index (κ2) is 22.6. The van der Waals surface area contributed by atoms with Gasteiger partial charge in [-0.2, -0.15) is 0 Å². The fourth-order valence-corrected chi connectivity index (χ4v) is 4.80. The SMILES string of the molecule is N[C@H](Cc1ccccc1)C(=O)NCC(=O)N1CCOCCOCCN(C(=O)CNC(=O)[C@@H](N)Cc2ccccc2)CCOCCOCC1. The number of rotatable bonds is 10. The van der Waals surface area contributed by atoms with Gasteiger partial charge in [0.2, 0.25) is 23.6 Å². The highest BCUT2D eigenvalue weighted by Gasteiger charge is 2.20. The first kappa shape index (κ1) is 38.5. The van der Waals surface area contributed by atoms with Crippen molar-refractivity contribution in [1.29, 1.82) is 0 Å². The highest BCUT2D eigenvalue weighted by Crippen LogP contribution is 2.03. The lowest BCUT2D eigenvalue weighted by Crippen LogP contribution is -2.48. The van der Waals surface area contributed by atoms with E-state index in [4.69, 9.17) is 30.4 Å². The zero-order valence-electron chi connectivity index (χ0n) is 27.6. The molecule has 0 aliphatic carbocycles. The van der Waals surface area contributed by atoms with E-state index in [1.807, 2.05) is 60.7 Å². The molecule has 3 rings (SSSR count). The summed E-state index contributed by atoms with van der Waals surface area (Å²) >= 11 is 0. The minimum absolute atomic E-state index is 0.188. The Labute approximate surface area is 282 Å². The molecule has 1 heterocycles. The third-order valence-corrected chi connectivity index (χ3v) is 7.57. The summed E-state index contributed by atoms with van der Waals surface area (Å²) in [5, 5.41) is 5.28. The van der Waals surface area contributed by atoms with Crippen LogP contribution in [-0.2, 0) is 51.0 Å². The second-order valence-electron chi connectivity index (χ2n) is 11.2. The van der Waals surface area contributed by atoms with Crippen molar-refractivity contribution < 1.29 is 38.1 Å². The van der Waals surface area contributed by atoms with Crippen LogP contribution in [0.15, 0.2) is 60.7 Å². The third-order valence-electron chi connectivity index (χ3n) is 7.57. The van der Waals surface area contributed by atoms with Gasteiger partial charge in [-0.25, -0.2) is 0 Å². The summed E-state index contributed by atoms with van der Waals surface area (Å²) in [6.07, 6.45) is 0.738. The molecule has 14 nitrogen and oxygen atoms in total. The normalized spacial score (nSPS) is 17.3. The molecule has 2 aromatic rings. The molecule has 4 amide bonds. The van der Waals surface area contributed by atoms with Crippen molar-refractivity contribution in [3.8, 4) is 0 Å². The molecule has 0 saturated carbocycles. The van der Waals surface area contributed by atoms with Gasteiger partial charge in [0.1, 0.15) is 0 Å². The molecule has 0 radical (unpaired) electrons. The molecule has 1 aliphatic rings. The first-order valence-corrected chi connectivity index (χ1v) is 16.3. The van der Waals surface area contributed by atoms with E-state index in [1.165, 1.54) is 0 Å². The molecule has 0 unspecified atom stereocenters. The minimum atomic E-state index is -0.771. The summed E-state index contributed by atoms with van der Waals surface area (Å²) in [4.78, 5) is 54.0. The number of amides is 4. The Morgan fingerprint density at radius 2 is 0.854 bits per heavy atom. The number of carbonyl (C=O) groups excluding carboxylic acids is 4. The van der Waals surface area contributed by atoms with Crippen LogP contribution in [-0.4, -0.2) is 138 Å². The van der Waals surface area contributed by atoms with Gasteiger partial charge in [0, 0.05) is 26.2 Å². The lowest BCUT2D eigenvalue weighted by molar-refractivity contribution is -0.135. The zero-order valence-corrected chi connectivity index (χ0v) is 27.6. The standard InChI is InChI=1S/C34H50N6O8/c35-29(23-27-7-3-1-4-8-27)33(43)37-25-31(41)39-11-15-45-19-21-47-17-13-40(14-18-48-22-20-46-16-12-39)32(42)26-38-34(44)30(36)24-28-9-5-2-6-10-28/h1-10,29-30H,11-26,35-36H2,(H,37,43)(H,38,44)/t29-,30+. The molecule has 1 fully saturated rings. The highest BCUT2D eigenvalue weighted by atomic mass is 16.5. The Morgan fingerprint density at radius 3 is 1.17 bits per heavy atom. The van der Waals surface area contributed by atoms with Crippen LogP contribution < -0.4 is 22.1 Å². The van der Waals surface area contributed by atoms with Gasteiger partial charge in [-0.05, 0) is 24.0 Å². The van der Waals surface area contributed by atoms with Gasteiger partial charge in [-0.3, -0.25) is 19.2 Å². The first-order valence-electron chi connectivity index (χ1n) is 16.3. The topological polar surface area (TPSA) is 188 Å². The van der Waals surface area contributed by atoms with E-state index < -0.39 is 23.9 Å². The molecular weight excluding hydrogens is 620 g/mol. The molecule has 2 atom stereocenters. The van der Waals surface area contributed by atoms with Crippen LogP contribution >= 0.6 is 0 Å². The number of nitrogens with one attached hydrogen (secondary N) is 2. The van der Waals surface area contributed by atoms with Crippen molar-refractivity contribution in [2.24, 2.45) is 11.5 Å². The van der Waals surface area contributed by atoms with Gasteiger partial charge >= 0.3 is 0 Å². The van der Waals surface area contributed by atoms with E-state index in [2.05, 4.69) is 10.6 Å². The van der Waals surface area contributed by atoms with Crippen LogP contribution in [0.3, 0.4) is 0 Å². The number of benzene rings is 2. The van der Waals surface area contributed by atoms with Crippen molar-refractivity contribution >= 4 is 23.6 Å². The molecule has 2 aromatic carbocycles. The van der Waals surface area contributed by atoms with Crippen molar-refractivity contribution in [2.75, 3.05) is 92.1 Å². The Hall–Kier alpha value is -3.92. The molecule has 14 heteroatoms. The average Bonchev–Trinajstić information content (AvgIpc) is 3.09. The second-order valence-corrected chi connectivity index (χ2v) is 11.2. The van der Waals surface area contributed by atoms with E-state index >= 15 is 0 Å². The molecule has 0 spiro atoms. The third kappa shape index (κ3) is 15.3. The van der Waals surface area contributed by atoms with E-state index in [0.29, 0.717) is 39.0 Å². The zero-order chi connectivity index (χ0) is 34.4. The number of nitrogens with zero attached hydrogens (tertiary/aromatic N) is 2. The molecule has 0 aromatic heterocycles. The predicted octanol–water partition coefficient (Wildman–Crippen LogP) is -0.904. The maximum absolute atomic E-state index is 12.9. The average molecular weight is 671 g/mol. The highest BCUT2D eigenvalue weighted by molar-refractivity contribution is 5.88. The van der Waals surface area contributed by atoms with E-state index in [1.54, 1.807) is 9.80 Å². The Balaban J connectivity index is 1.39. The fourth-order valence-electron chi connectivity index (χ4n) is 4.80. The van der Waals surface area contributed by atoms with Crippen molar-refractivity contribution in [1.82, 2.24) is 20.4 Å². The van der Waals surface area contributed by atoms with Crippen LogP contribution in [0.2, 0.25) is 0 Å². The lowest BCUT2D eigenvalue weighted by atomic mass is 10.1. The molecule has 1 aliphatic heterocycles. The van der Waals surface area contributed by atoms with E-state index in [0.717, 1.165) is 11.1 Å². The predicted molar refractivity (Wildman–Crippen MR) is 179 cm³/mol. The summed E-state index contributed by atoms with van der Waals surface area (Å²) < 4.78 is 22.7. The van der Waals surface area contributed by atoms with Gasteiger partial charge in [-0.15, -0.1) is 0 Å². The fraction of sp³-hybridized carbons (Fsp3) is 0.529. The molecule has 1 saturated heterocycles. The van der Waals surface area contributed by atoms with Crippen LogP contribution in [0, 0.1) is 0 Å². The van der Waals surface area contributed by atoms with Gasteiger partial charge in [-0.1, -0.05) is 60.7 Å². The van der Waals surface area contributed by atoms with Crippen molar-refractivity contribution in [2.45, 2.75) is 24.9 Å². The Kier molecular flexibility index (Phi) is 18.2. The van der Waals surface area contributed by atoms with Crippen LogP contribution in [0.5, 0.6) is 0 Å². The van der Waals surface area contributed by atoms with Crippen molar-refractivity contribution in [3.05, 3.63) is 71.8 Å². The number of nitrogens with two attached hydrogens (primary N) is 2. The van der Waals surface area contributed by atoms with E-state index in [-0.39, 0.29) is 77.8 Å². The monoisotopic (exact) mass is 670 g/mol. The molecule has 264 valence electrons. The van der Waals surface area contributed by atoms with E-state index in [9.17, 15) is 19.2 Å². The van der Waals surface area contributed by atoms with Gasteiger partial charge in [0.15, 0.2) is 0 Å². The molecule has 0 bridgehead atoms. The van der Waals surface area contributed by atoms with Crippen LogP contribution in [0.4, 0.5) is 0 Å². The molecular formula is C34H50N6O8. The largest absolute Gasteiger partial charge is 0.377 e. The summed E-state index contributed by atoms with van der Waals surface area (Å²) in [7, 11) is 0. The van der Waals surface area contributed by atoms with Crippen molar-refractivity contribution in [3.63, 3.8) is 0 Å². The lowest BCUT2D eigenvalue weighted by Gasteiger charge is -2.24. The maximum Gasteiger partial charge on any atom is 0.242 e. The minimum Gasteiger partial charge on any atom is -0.377 e. The quantitative estimate of drug-likeness (QED) is 0.247. The van der Waals surface area contributed by atoms with Gasteiger partial charge in [0.05, 0.1) is 78.0 Å². The summed E-state index contributed by atoms with van der Waals surface area (Å²) in [5.41, 5.74) is 14.0. The van der Waals surface area contributed by atoms with Gasteiger partial charge < -0.3 is 50.8 Å². The summed E-state index contributed by atoms with van der Waals surface area (Å²) in [6, 6.07) is 17.3. The number of hydrogen-bond acceptors (Lipinski definition) is 10. The maximum atomic E-state index is 12.9. The van der Waals surface area contributed by atoms with Crippen LogP contribution in [0.1, 0.15) is 11.1 Å². The summed E-state index contributed by atoms with van der Waals surface area (Å²) in [5.74, 6) is -1.35. The smallest absolute Gasteiger partial charge is 0.242 e. The molecule has 48 heavy (non-hydrogen) atoms. The Bertz CT molecular complexity index is 1120. The summed E-state index contributed by atoms with van der Waals surface area (Å²) in [6.45, 7) is 3.01. The molecule has 6 N–H and O–H groups in total. The number of carbonyl (C=O) groups is 4.